The van der Waals surface area contributed by atoms with Crippen LogP contribution in [0, 0.1) is 0 Å². The molecule has 0 spiro atoms. The van der Waals surface area contributed by atoms with E-state index in [9.17, 15) is 14.7 Å². The van der Waals surface area contributed by atoms with Crippen molar-refractivity contribution in [3.63, 3.8) is 0 Å². The lowest BCUT2D eigenvalue weighted by atomic mass is 9.98. The first-order chi connectivity index (χ1) is 22.0. The van der Waals surface area contributed by atoms with E-state index in [-0.39, 0.29) is 31.1 Å². The Balaban J connectivity index is 1.26. The standard InChI is InChI=1S/C35H43N3O7/c39-24-25-11-13-27(14-12-25)32-21-31(23-38-15-17-43-18-16-38)44-35(45-32)30-8-4-7-29(20-30)28-6-3-5-26(19-28)22-36-33(40)9-1-2-10-34(41)37-42/h3-8,11-14,19-20,31-32,35,39,42H,1-2,9-10,15-18,21-24H2,(H,36,40)(H,37,41)/t31-,32+,35+/m0/s1. The van der Waals surface area contributed by atoms with Gasteiger partial charge in [-0.05, 0) is 52.8 Å². The van der Waals surface area contributed by atoms with Gasteiger partial charge in [-0.25, -0.2) is 5.48 Å². The predicted molar refractivity (Wildman–Crippen MR) is 168 cm³/mol. The largest absolute Gasteiger partial charge is 0.392 e. The molecule has 0 bridgehead atoms. The third kappa shape index (κ3) is 9.67. The average Bonchev–Trinajstić information content (AvgIpc) is 3.09. The number of hydrogen-bond donors (Lipinski definition) is 4. The normalized spacial score (nSPS) is 20.4. The zero-order chi connectivity index (χ0) is 31.4. The number of morpholine rings is 1. The molecule has 3 aromatic carbocycles. The number of nitrogens with one attached hydrogen (secondary N) is 2. The van der Waals surface area contributed by atoms with Gasteiger partial charge in [-0.2, -0.15) is 0 Å². The van der Waals surface area contributed by atoms with Crippen molar-refractivity contribution in [3.05, 3.63) is 95.1 Å². The molecule has 0 aromatic heterocycles. The molecular weight excluding hydrogens is 574 g/mol. The lowest BCUT2D eigenvalue weighted by molar-refractivity contribution is -0.253. The van der Waals surface area contributed by atoms with E-state index >= 15 is 0 Å². The molecule has 2 saturated heterocycles. The van der Waals surface area contributed by atoms with E-state index in [1.54, 1.807) is 5.48 Å². The third-order valence-electron chi connectivity index (χ3n) is 8.27. The molecular formula is C35H43N3O7. The maximum Gasteiger partial charge on any atom is 0.243 e. The van der Waals surface area contributed by atoms with Crippen molar-refractivity contribution in [1.29, 1.82) is 0 Å². The van der Waals surface area contributed by atoms with E-state index < -0.39 is 12.2 Å². The molecule has 10 nitrogen and oxygen atoms in total. The van der Waals surface area contributed by atoms with Crippen LogP contribution in [0.15, 0.2) is 72.8 Å². The lowest BCUT2D eigenvalue weighted by Gasteiger charge is -2.39. The van der Waals surface area contributed by atoms with E-state index in [4.69, 9.17) is 19.4 Å². The summed E-state index contributed by atoms with van der Waals surface area (Å²) in [6.45, 7) is 4.45. The summed E-state index contributed by atoms with van der Waals surface area (Å²) in [5, 5.41) is 21.0. The van der Waals surface area contributed by atoms with Gasteiger partial charge in [0.2, 0.25) is 11.8 Å². The van der Waals surface area contributed by atoms with Gasteiger partial charge in [0.1, 0.15) is 0 Å². The minimum absolute atomic E-state index is 0.00491. The van der Waals surface area contributed by atoms with Crippen LogP contribution in [0.25, 0.3) is 11.1 Å². The maximum absolute atomic E-state index is 12.3. The van der Waals surface area contributed by atoms with Gasteiger partial charge >= 0.3 is 0 Å². The summed E-state index contributed by atoms with van der Waals surface area (Å²) < 4.78 is 18.7. The fourth-order valence-corrected chi connectivity index (χ4v) is 5.75. The molecule has 0 aliphatic carbocycles. The van der Waals surface area contributed by atoms with Crippen LogP contribution in [-0.2, 0) is 37.0 Å². The Morgan fingerprint density at radius 1 is 0.822 bits per heavy atom. The molecule has 10 heteroatoms. The summed E-state index contributed by atoms with van der Waals surface area (Å²) in [6, 6.07) is 24.2. The number of ether oxygens (including phenoxy) is 3. The van der Waals surface area contributed by atoms with Crippen molar-refractivity contribution < 1.29 is 34.1 Å². The molecule has 2 amide bonds. The molecule has 2 aliphatic heterocycles. The molecule has 45 heavy (non-hydrogen) atoms. The number of hydroxylamine groups is 1. The SMILES string of the molecule is O=C(CCCCC(=O)NCc1cccc(-c2cccc([C@@H]3O[C@H](CN4CCOCC4)C[C@H](c4ccc(CO)cc4)O3)c2)c1)NO. The number of amides is 2. The number of aliphatic hydroxyl groups is 1. The quantitative estimate of drug-likeness (QED) is 0.126. The molecule has 2 aliphatic rings. The molecule has 0 unspecified atom stereocenters. The number of unbranched alkanes of at least 4 members (excludes halogenated alkanes) is 1. The van der Waals surface area contributed by atoms with Crippen LogP contribution in [0.5, 0.6) is 0 Å². The number of rotatable bonds is 13. The molecule has 2 fully saturated rings. The smallest absolute Gasteiger partial charge is 0.243 e. The Hall–Kier alpha value is -3.64. The van der Waals surface area contributed by atoms with Crippen LogP contribution in [0.4, 0.5) is 0 Å². The van der Waals surface area contributed by atoms with Gasteiger partial charge in [-0.15, -0.1) is 0 Å². The van der Waals surface area contributed by atoms with Gasteiger partial charge in [0.25, 0.3) is 0 Å². The van der Waals surface area contributed by atoms with Crippen molar-refractivity contribution in [2.24, 2.45) is 0 Å². The van der Waals surface area contributed by atoms with E-state index in [0.717, 1.165) is 72.6 Å². The van der Waals surface area contributed by atoms with E-state index in [0.29, 0.717) is 25.8 Å². The summed E-state index contributed by atoms with van der Waals surface area (Å²) in [4.78, 5) is 25.8. The van der Waals surface area contributed by atoms with Crippen LogP contribution in [0.2, 0.25) is 0 Å². The van der Waals surface area contributed by atoms with Gasteiger partial charge < -0.3 is 24.6 Å². The van der Waals surface area contributed by atoms with Gasteiger partial charge in [0.05, 0.1) is 32.0 Å². The van der Waals surface area contributed by atoms with Crippen molar-refractivity contribution >= 4 is 11.8 Å². The molecule has 5 rings (SSSR count). The average molecular weight is 618 g/mol. The van der Waals surface area contributed by atoms with Crippen molar-refractivity contribution in [1.82, 2.24) is 15.7 Å². The van der Waals surface area contributed by atoms with Crippen LogP contribution in [0.1, 0.15) is 66.8 Å². The summed E-state index contributed by atoms with van der Waals surface area (Å²) in [7, 11) is 0. The number of aliphatic hydroxyl groups excluding tert-OH is 1. The fourth-order valence-electron chi connectivity index (χ4n) is 5.75. The van der Waals surface area contributed by atoms with Crippen LogP contribution >= 0.6 is 0 Å². The number of nitrogens with zero attached hydrogens (tertiary/aromatic N) is 1. The minimum atomic E-state index is -0.543. The van der Waals surface area contributed by atoms with Crippen molar-refractivity contribution in [2.45, 2.75) is 63.8 Å². The summed E-state index contributed by atoms with van der Waals surface area (Å²) >= 11 is 0. The maximum atomic E-state index is 12.3. The summed E-state index contributed by atoms with van der Waals surface area (Å²) in [6.07, 6.45) is 1.63. The highest BCUT2D eigenvalue weighted by Gasteiger charge is 2.33. The zero-order valence-electron chi connectivity index (χ0n) is 25.5. The van der Waals surface area contributed by atoms with E-state index in [1.807, 2.05) is 54.6 Å². The first-order valence-electron chi connectivity index (χ1n) is 15.7. The van der Waals surface area contributed by atoms with Crippen LogP contribution < -0.4 is 10.8 Å². The Bertz CT molecular complexity index is 1390. The predicted octanol–water partition coefficient (Wildman–Crippen LogP) is 4.41. The second-order valence-corrected chi connectivity index (χ2v) is 11.6. The highest BCUT2D eigenvalue weighted by Crippen LogP contribution is 2.39. The van der Waals surface area contributed by atoms with Crippen molar-refractivity contribution in [3.8, 4) is 11.1 Å². The molecule has 4 N–H and O–H groups in total. The monoisotopic (exact) mass is 617 g/mol. The Morgan fingerprint density at radius 3 is 2.27 bits per heavy atom. The third-order valence-corrected chi connectivity index (χ3v) is 8.27. The molecule has 0 saturated carbocycles. The van der Waals surface area contributed by atoms with Crippen LogP contribution in [0.3, 0.4) is 0 Å². The zero-order valence-corrected chi connectivity index (χ0v) is 25.5. The highest BCUT2D eigenvalue weighted by molar-refractivity contribution is 5.76. The molecule has 3 atom stereocenters. The molecule has 2 heterocycles. The second kappa shape index (κ2) is 16.6. The lowest BCUT2D eigenvalue weighted by Crippen LogP contribution is -2.44. The van der Waals surface area contributed by atoms with Crippen LogP contribution in [-0.4, -0.2) is 66.0 Å². The molecule has 240 valence electrons. The van der Waals surface area contributed by atoms with Gasteiger partial charge in [-0.3, -0.25) is 19.7 Å². The molecule has 3 aromatic rings. The Kier molecular flexibility index (Phi) is 12.1. The highest BCUT2D eigenvalue weighted by atomic mass is 16.7. The topological polar surface area (TPSA) is 130 Å². The van der Waals surface area contributed by atoms with Crippen molar-refractivity contribution in [2.75, 3.05) is 32.8 Å². The number of carbonyl (C=O) groups excluding carboxylic acids is 2. The van der Waals surface area contributed by atoms with E-state index in [2.05, 4.69) is 28.4 Å². The van der Waals surface area contributed by atoms with Gasteiger partial charge in [0.15, 0.2) is 6.29 Å². The Morgan fingerprint density at radius 2 is 1.53 bits per heavy atom. The van der Waals surface area contributed by atoms with Gasteiger partial charge in [0, 0.05) is 51.0 Å². The second-order valence-electron chi connectivity index (χ2n) is 11.6. The number of carbonyl (C=O) groups is 2. The first-order valence-corrected chi connectivity index (χ1v) is 15.7. The fraction of sp³-hybridized carbons (Fsp3) is 0.429. The number of hydrogen-bond acceptors (Lipinski definition) is 8. The first kappa shape index (κ1) is 32.7. The Labute approximate surface area is 264 Å². The minimum Gasteiger partial charge on any atom is -0.392 e. The summed E-state index contributed by atoms with van der Waals surface area (Å²) in [5.41, 5.74) is 7.50. The van der Waals surface area contributed by atoms with Gasteiger partial charge in [-0.1, -0.05) is 60.7 Å². The molecule has 0 radical (unpaired) electrons. The summed E-state index contributed by atoms with van der Waals surface area (Å²) in [5.74, 6) is -0.523. The van der Waals surface area contributed by atoms with E-state index in [1.165, 1.54) is 0 Å². The number of benzene rings is 3.